The second kappa shape index (κ2) is 3.83. The van der Waals surface area contributed by atoms with Crippen LogP contribution in [0.4, 0.5) is 0 Å². The molecular formula is C14H24NO+. The summed E-state index contributed by atoms with van der Waals surface area (Å²) in [7, 11) is 2.41. The van der Waals surface area contributed by atoms with E-state index in [0.29, 0.717) is 23.7 Å². The molecule has 3 rings (SSSR count). The molecule has 3 aliphatic rings. The summed E-state index contributed by atoms with van der Waals surface area (Å²) in [5.74, 6) is 1.51. The Labute approximate surface area is 98.6 Å². The average Bonchev–Trinajstić information content (AvgIpc) is 2.53. The van der Waals surface area contributed by atoms with Crippen molar-refractivity contribution in [1.29, 1.82) is 0 Å². The normalized spacial score (nSPS) is 42.3. The molecule has 1 aliphatic heterocycles. The first-order valence-electron chi connectivity index (χ1n) is 7.09. The molecule has 3 atom stereocenters. The van der Waals surface area contributed by atoms with Gasteiger partial charge in [-0.3, -0.25) is 4.79 Å². The summed E-state index contributed by atoms with van der Waals surface area (Å²) in [5, 5.41) is 0. The molecule has 3 fully saturated rings. The zero-order valence-corrected chi connectivity index (χ0v) is 10.5. The molecule has 1 heterocycles. The predicted molar refractivity (Wildman–Crippen MR) is 64.0 cm³/mol. The lowest BCUT2D eigenvalue weighted by Gasteiger charge is -2.47. The zero-order valence-electron chi connectivity index (χ0n) is 10.5. The number of ketones is 1. The highest BCUT2D eigenvalue weighted by molar-refractivity contribution is 5.86. The van der Waals surface area contributed by atoms with Crippen molar-refractivity contribution in [3.8, 4) is 0 Å². The van der Waals surface area contributed by atoms with Gasteiger partial charge >= 0.3 is 0 Å². The van der Waals surface area contributed by atoms with E-state index in [0.717, 1.165) is 0 Å². The van der Waals surface area contributed by atoms with Gasteiger partial charge in [-0.25, -0.2) is 0 Å². The van der Waals surface area contributed by atoms with Crippen LogP contribution in [0, 0.1) is 11.8 Å². The maximum Gasteiger partial charge on any atom is 0.144 e. The summed E-state index contributed by atoms with van der Waals surface area (Å²) in [6, 6.07) is 0.673. The van der Waals surface area contributed by atoms with Crippen LogP contribution in [0.3, 0.4) is 0 Å². The number of fused-ring (bicyclic) bond motifs is 2. The Hall–Kier alpha value is -0.370. The summed E-state index contributed by atoms with van der Waals surface area (Å²) in [5.41, 5.74) is 0. The Bertz CT molecular complexity index is 293. The Morgan fingerprint density at radius 1 is 1.00 bits per heavy atom. The van der Waals surface area contributed by atoms with Gasteiger partial charge in [-0.1, -0.05) is 0 Å². The van der Waals surface area contributed by atoms with Crippen molar-refractivity contribution in [2.75, 3.05) is 20.1 Å². The summed E-state index contributed by atoms with van der Waals surface area (Å²) in [6.07, 6.45) is 9.05. The summed E-state index contributed by atoms with van der Waals surface area (Å²) < 4.78 is 1.21. The van der Waals surface area contributed by atoms with Crippen molar-refractivity contribution in [2.24, 2.45) is 11.8 Å². The van der Waals surface area contributed by atoms with Crippen LogP contribution in [0.5, 0.6) is 0 Å². The Morgan fingerprint density at radius 3 is 2.44 bits per heavy atom. The van der Waals surface area contributed by atoms with E-state index in [1.807, 2.05) is 0 Å². The average molecular weight is 222 g/mol. The van der Waals surface area contributed by atoms with Gasteiger partial charge in [-0.15, -0.1) is 0 Å². The third-order valence-corrected chi connectivity index (χ3v) is 5.51. The van der Waals surface area contributed by atoms with Crippen molar-refractivity contribution in [2.45, 2.75) is 51.0 Å². The number of likely N-dealkylation sites (tertiary alicyclic amines) is 1. The summed E-state index contributed by atoms with van der Waals surface area (Å²) in [6.45, 7) is 2.64. The van der Waals surface area contributed by atoms with E-state index in [4.69, 9.17) is 0 Å². The molecule has 0 amide bonds. The SMILES string of the molecule is C[N+]1([C@H]2CC[C@@H]3CC[C@@H]2C3=O)CCCCC1. The van der Waals surface area contributed by atoms with Crippen LogP contribution in [0.2, 0.25) is 0 Å². The molecule has 90 valence electrons. The van der Waals surface area contributed by atoms with E-state index in [1.165, 1.54) is 62.5 Å². The maximum atomic E-state index is 12.2. The lowest BCUT2D eigenvalue weighted by atomic mass is 9.81. The van der Waals surface area contributed by atoms with Gasteiger partial charge in [0.2, 0.25) is 0 Å². The van der Waals surface area contributed by atoms with E-state index < -0.39 is 0 Å². The quantitative estimate of drug-likeness (QED) is 0.623. The molecule has 0 spiro atoms. The van der Waals surface area contributed by atoms with E-state index in [2.05, 4.69) is 7.05 Å². The lowest BCUT2D eigenvalue weighted by molar-refractivity contribution is -0.940. The Balaban J connectivity index is 1.81. The topological polar surface area (TPSA) is 17.1 Å². The van der Waals surface area contributed by atoms with Crippen LogP contribution in [0.25, 0.3) is 0 Å². The van der Waals surface area contributed by atoms with Crippen LogP contribution in [0.15, 0.2) is 0 Å². The Morgan fingerprint density at radius 2 is 1.69 bits per heavy atom. The number of Topliss-reactive ketones (excluding diaryl/α,β-unsaturated/α-hetero) is 1. The standard InChI is InChI=1S/C14H24NO/c1-15(9-3-2-4-10-15)13-8-6-11-5-7-12(13)14(11)16/h11-13H,2-10H2,1H3/q+1/t11-,12-,13-/m0/s1. The molecule has 2 aliphatic carbocycles. The molecule has 16 heavy (non-hydrogen) atoms. The predicted octanol–water partition coefficient (Wildman–Crippen LogP) is 2.37. The second-order valence-corrected chi connectivity index (χ2v) is 6.42. The first-order chi connectivity index (χ1) is 7.71. The molecule has 2 bridgehead atoms. The minimum absolute atomic E-state index is 0.432. The highest BCUT2D eigenvalue weighted by Gasteiger charge is 2.50. The molecular weight excluding hydrogens is 198 g/mol. The third kappa shape index (κ3) is 1.54. The van der Waals surface area contributed by atoms with Crippen molar-refractivity contribution < 1.29 is 9.28 Å². The van der Waals surface area contributed by atoms with Crippen LogP contribution < -0.4 is 0 Å². The number of rotatable bonds is 1. The van der Waals surface area contributed by atoms with Gasteiger partial charge < -0.3 is 4.48 Å². The fourth-order valence-electron chi connectivity index (χ4n) is 4.52. The van der Waals surface area contributed by atoms with Gasteiger partial charge in [0.1, 0.15) is 5.78 Å². The van der Waals surface area contributed by atoms with Gasteiger partial charge in [0.05, 0.1) is 32.1 Å². The highest BCUT2D eigenvalue weighted by Crippen LogP contribution is 2.43. The molecule has 0 aromatic rings. The van der Waals surface area contributed by atoms with E-state index in [9.17, 15) is 4.79 Å². The van der Waals surface area contributed by atoms with Gasteiger partial charge in [0.15, 0.2) is 0 Å². The third-order valence-electron chi connectivity index (χ3n) is 5.51. The molecule has 0 aromatic carbocycles. The molecule has 1 saturated heterocycles. The number of carbonyl (C=O) groups is 1. The fraction of sp³-hybridized carbons (Fsp3) is 0.929. The smallest absolute Gasteiger partial charge is 0.144 e. The molecule has 2 saturated carbocycles. The van der Waals surface area contributed by atoms with Crippen LogP contribution in [-0.2, 0) is 4.79 Å². The van der Waals surface area contributed by atoms with Crippen LogP contribution in [0.1, 0.15) is 44.9 Å². The molecule has 0 aromatic heterocycles. The molecule has 0 N–H and O–H groups in total. The monoisotopic (exact) mass is 222 g/mol. The van der Waals surface area contributed by atoms with E-state index in [1.54, 1.807) is 0 Å². The van der Waals surface area contributed by atoms with Crippen LogP contribution >= 0.6 is 0 Å². The summed E-state index contributed by atoms with van der Waals surface area (Å²) in [4.78, 5) is 12.2. The number of nitrogens with zero attached hydrogens (tertiary/aromatic N) is 1. The number of carbonyl (C=O) groups excluding carboxylic acids is 1. The molecule has 0 radical (unpaired) electrons. The van der Waals surface area contributed by atoms with E-state index >= 15 is 0 Å². The van der Waals surface area contributed by atoms with Gasteiger partial charge in [-0.2, -0.15) is 0 Å². The van der Waals surface area contributed by atoms with Gasteiger partial charge in [0, 0.05) is 12.3 Å². The Kier molecular flexibility index (Phi) is 2.58. The lowest BCUT2D eigenvalue weighted by Crippen LogP contribution is -2.59. The second-order valence-electron chi connectivity index (χ2n) is 6.42. The number of piperidine rings is 1. The highest BCUT2D eigenvalue weighted by atomic mass is 16.1. The first-order valence-corrected chi connectivity index (χ1v) is 7.09. The molecule has 2 heteroatoms. The molecule has 2 nitrogen and oxygen atoms in total. The largest absolute Gasteiger partial charge is 0.323 e. The fourth-order valence-corrected chi connectivity index (χ4v) is 4.52. The molecule has 0 unspecified atom stereocenters. The number of hydrogen-bond donors (Lipinski definition) is 0. The van der Waals surface area contributed by atoms with Crippen molar-refractivity contribution >= 4 is 5.78 Å². The van der Waals surface area contributed by atoms with Gasteiger partial charge in [0.25, 0.3) is 0 Å². The minimum atomic E-state index is 0.432. The minimum Gasteiger partial charge on any atom is -0.323 e. The maximum absolute atomic E-state index is 12.2. The first kappa shape index (κ1) is 10.8. The van der Waals surface area contributed by atoms with Crippen molar-refractivity contribution in [3.63, 3.8) is 0 Å². The van der Waals surface area contributed by atoms with Crippen LogP contribution in [-0.4, -0.2) is 36.4 Å². The van der Waals surface area contributed by atoms with E-state index in [-0.39, 0.29) is 0 Å². The van der Waals surface area contributed by atoms with Crippen molar-refractivity contribution in [1.82, 2.24) is 0 Å². The summed E-state index contributed by atoms with van der Waals surface area (Å²) >= 11 is 0. The number of hydrogen-bond acceptors (Lipinski definition) is 1. The number of quaternary nitrogens is 1. The zero-order chi connectivity index (χ0) is 11.2. The van der Waals surface area contributed by atoms with Gasteiger partial charge in [-0.05, 0) is 38.5 Å². The van der Waals surface area contributed by atoms with Crippen molar-refractivity contribution in [3.05, 3.63) is 0 Å².